The van der Waals surface area contributed by atoms with Crippen LogP contribution in [0.4, 0.5) is 4.79 Å². The lowest BCUT2D eigenvalue weighted by atomic mass is 9.91. The zero-order valence-corrected chi connectivity index (χ0v) is 17.2. The number of ether oxygens (including phenoxy) is 2. The molecule has 0 aromatic heterocycles. The number of esters is 1. The van der Waals surface area contributed by atoms with Crippen LogP contribution in [0.15, 0.2) is 4.99 Å². The van der Waals surface area contributed by atoms with E-state index in [2.05, 4.69) is 4.99 Å². The van der Waals surface area contributed by atoms with Gasteiger partial charge in [0.25, 0.3) is 0 Å². The van der Waals surface area contributed by atoms with Crippen LogP contribution in [0.5, 0.6) is 0 Å². The van der Waals surface area contributed by atoms with Gasteiger partial charge >= 0.3 is 18.0 Å². The fraction of sp³-hybridized carbons (Fsp3) is 0.765. The maximum atomic E-state index is 12.8. The van der Waals surface area contributed by atoms with Crippen LogP contribution in [0.3, 0.4) is 0 Å². The first-order valence-electron chi connectivity index (χ1n) is 8.52. The van der Waals surface area contributed by atoms with Crippen molar-refractivity contribution in [2.45, 2.75) is 71.1 Å². The number of carbonyl (C=O) groups excluding carboxylic acids is 2. The Morgan fingerprint density at radius 1 is 1.00 bits per heavy atom. The van der Waals surface area contributed by atoms with Crippen LogP contribution in [0.1, 0.15) is 54.4 Å². The molecule has 10 heteroatoms. The van der Waals surface area contributed by atoms with Gasteiger partial charge in [-0.25, -0.2) is 14.4 Å². The van der Waals surface area contributed by atoms with Crippen molar-refractivity contribution in [1.29, 1.82) is 0 Å². The largest absolute Gasteiger partial charge is 0.479 e. The molecule has 0 rings (SSSR count). The van der Waals surface area contributed by atoms with Gasteiger partial charge in [-0.05, 0) is 54.4 Å². The number of amides is 1. The summed E-state index contributed by atoms with van der Waals surface area (Å²) in [5.41, 5.74) is 6.41. The fourth-order valence-corrected chi connectivity index (χ4v) is 2.14. The summed E-state index contributed by atoms with van der Waals surface area (Å²) in [6, 6.07) is 0. The van der Waals surface area contributed by atoms with Crippen molar-refractivity contribution < 1.29 is 29.0 Å². The van der Waals surface area contributed by atoms with E-state index in [0.717, 1.165) is 4.90 Å². The Balaban J connectivity index is 5.91. The summed E-state index contributed by atoms with van der Waals surface area (Å²) in [5, 5.41) is 9.88. The van der Waals surface area contributed by atoms with E-state index in [-0.39, 0.29) is 25.3 Å². The summed E-state index contributed by atoms with van der Waals surface area (Å²) in [6.45, 7) is 9.79. The summed E-state index contributed by atoms with van der Waals surface area (Å²) < 4.78 is 10.5. The number of nitrogens with two attached hydrogens (primary N) is 2. The molecule has 0 aliphatic heterocycles. The fourth-order valence-electron chi connectivity index (χ4n) is 2.14. The molecule has 0 aliphatic rings. The Morgan fingerprint density at radius 3 is 1.85 bits per heavy atom. The molecule has 10 nitrogen and oxygen atoms in total. The maximum absolute atomic E-state index is 12.8. The number of carboxylic acid groups (broad SMARTS) is 1. The SMILES string of the molecule is CN(C(=O)OC(C)(C)C)[C@@](CCCN=C(N)N)(C(=O)O)C(=O)OC(C)(C)C. The second-order valence-electron chi connectivity index (χ2n) is 8.12. The normalized spacial score (nSPS) is 13.9. The minimum absolute atomic E-state index is 0.0856. The zero-order valence-electron chi connectivity index (χ0n) is 17.2. The average Bonchev–Trinajstić information content (AvgIpc) is 2.42. The smallest absolute Gasteiger partial charge is 0.411 e. The third-order valence-corrected chi connectivity index (χ3v) is 3.32. The molecule has 0 radical (unpaired) electrons. The van der Waals surface area contributed by atoms with Crippen molar-refractivity contribution >= 4 is 24.0 Å². The molecule has 0 heterocycles. The lowest BCUT2D eigenvalue weighted by molar-refractivity contribution is -0.178. The number of hydrogen-bond acceptors (Lipinski definition) is 6. The van der Waals surface area contributed by atoms with E-state index in [1.807, 2.05) is 0 Å². The van der Waals surface area contributed by atoms with Gasteiger partial charge in [-0.2, -0.15) is 0 Å². The lowest BCUT2D eigenvalue weighted by Gasteiger charge is -2.38. The predicted octanol–water partition coefficient (Wildman–Crippen LogP) is 1.07. The highest BCUT2D eigenvalue weighted by Gasteiger charge is 2.54. The summed E-state index contributed by atoms with van der Waals surface area (Å²) in [5.74, 6) is -2.76. The van der Waals surface area contributed by atoms with Crippen LogP contribution in [0, 0.1) is 0 Å². The Labute approximate surface area is 159 Å². The summed E-state index contributed by atoms with van der Waals surface area (Å²) in [4.78, 5) is 42.0. The first-order chi connectivity index (χ1) is 12.0. The van der Waals surface area contributed by atoms with E-state index in [0.29, 0.717) is 0 Å². The number of nitrogens with zero attached hydrogens (tertiary/aromatic N) is 2. The molecule has 0 spiro atoms. The summed E-state index contributed by atoms with van der Waals surface area (Å²) in [7, 11) is 1.19. The molecule has 0 bridgehead atoms. The van der Waals surface area contributed by atoms with E-state index in [4.69, 9.17) is 20.9 Å². The number of likely N-dealkylation sites (N-methyl/N-ethyl adjacent to an activating group) is 1. The average molecular weight is 388 g/mol. The molecule has 0 aromatic rings. The van der Waals surface area contributed by atoms with Crippen molar-refractivity contribution in [2.75, 3.05) is 13.6 Å². The van der Waals surface area contributed by atoms with E-state index in [1.54, 1.807) is 41.5 Å². The molecule has 0 aliphatic carbocycles. The standard InChI is InChI=1S/C17H32N4O6/c1-15(2,3)26-12(24)17(11(22)23,9-8-10-20-13(18)19)21(7)14(25)27-16(4,5)6/h8-10H2,1-7H3,(H,22,23)(H4,18,19,20)/t17-/m0/s1. The first-order valence-corrected chi connectivity index (χ1v) is 8.52. The number of guanidine groups is 1. The molecule has 156 valence electrons. The van der Waals surface area contributed by atoms with Gasteiger partial charge in [0, 0.05) is 13.6 Å². The van der Waals surface area contributed by atoms with Gasteiger partial charge in [-0.15, -0.1) is 0 Å². The Bertz CT molecular complexity index is 587. The second-order valence-corrected chi connectivity index (χ2v) is 8.12. The minimum Gasteiger partial charge on any atom is -0.479 e. The van der Waals surface area contributed by atoms with Crippen molar-refractivity contribution in [2.24, 2.45) is 16.5 Å². The monoisotopic (exact) mass is 388 g/mol. The third-order valence-electron chi connectivity index (χ3n) is 3.32. The first kappa shape index (κ1) is 24.5. The number of aliphatic carboxylic acids is 1. The predicted molar refractivity (Wildman–Crippen MR) is 100 cm³/mol. The highest BCUT2D eigenvalue weighted by atomic mass is 16.6. The van der Waals surface area contributed by atoms with Gasteiger partial charge in [0.15, 0.2) is 5.96 Å². The molecule has 0 fully saturated rings. The number of rotatable bonds is 7. The quantitative estimate of drug-likeness (QED) is 0.192. The van der Waals surface area contributed by atoms with Crippen LogP contribution in [0.25, 0.3) is 0 Å². The van der Waals surface area contributed by atoms with Crippen LogP contribution >= 0.6 is 0 Å². The number of aliphatic imine (C=N–C) groups is 1. The Hall–Kier alpha value is -2.52. The van der Waals surface area contributed by atoms with Gasteiger partial charge in [0.1, 0.15) is 11.2 Å². The molecule has 27 heavy (non-hydrogen) atoms. The molecule has 0 aromatic carbocycles. The maximum Gasteiger partial charge on any atom is 0.411 e. The molecule has 0 unspecified atom stereocenters. The Kier molecular flexibility index (Phi) is 8.08. The van der Waals surface area contributed by atoms with E-state index in [1.165, 1.54) is 7.05 Å². The van der Waals surface area contributed by atoms with Gasteiger partial charge in [-0.1, -0.05) is 0 Å². The number of hydrogen-bond donors (Lipinski definition) is 3. The van der Waals surface area contributed by atoms with Gasteiger partial charge in [0.05, 0.1) is 0 Å². The molecule has 0 saturated heterocycles. The third kappa shape index (κ3) is 7.71. The second kappa shape index (κ2) is 8.92. The van der Waals surface area contributed by atoms with Crippen molar-refractivity contribution in [3.05, 3.63) is 0 Å². The molecule has 5 N–H and O–H groups in total. The molecule has 0 saturated carbocycles. The summed E-state index contributed by atoms with van der Waals surface area (Å²) in [6.07, 6.45) is -1.10. The van der Waals surface area contributed by atoms with Gasteiger partial charge in [-0.3, -0.25) is 9.89 Å². The van der Waals surface area contributed by atoms with E-state index < -0.39 is 34.8 Å². The minimum atomic E-state index is -2.28. The van der Waals surface area contributed by atoms with Gasteiger partial charge < -0.3 is 26.0 Å². The molecule has 1 amide bonds. The molecular formula is C17H32N4O6. The number of carbonyl (C=O) groups is 3. The topological polar surface area (TPSA) is 158 Å². The highest BCUT2D eigenvalue weighted by Crippen LogP contribution is 2.28. The number of carboxylic acids is 1. The van der Waals surface area contributed by atoms with Crippen molar-refractivity contribution in [3.63, 3.8) is 0 Å². The van der Waals surface area contributed by atoms with Crippen molar-refractivity contribution in [3.8, 4) is 0 Å². The zero-order chi connectivity index (χ0) is 21.6. The summed E-state index contributed by atoms with van der Waals surface area (Å²) >= 11 is 0. The highest BCUT2D eigenvalue weighted by molar-refractivity contribution is 6.06. The molecular weight excluding hydrogens is 356 g/mol. The van der Waals surface area contributed by atoms with Crippen LogP contribution in [-0.2, 0) is 19.1 Å². The van der Waals surface area contributed by atoms with Gasteiger partial charge in [0.2, 0.25) is 5.54 Å². The van der Waals surface area contributed by atoms with E-state index >= 15 is 0 Å². The van der Waals surface area contributed by atoms with Crippen LogP contribution < -0.4 is 11.5 Å². The lowest BCUT2D eigenvalue weighted by Crippen LogP contribution is -2.62. The van der Waals surface area contributed by atoms with Crippen LogP contribution in [-0.4, -0.2) is 64.3 Å². The van der Waals surface area contributed by atoms with Crippen LogP contribution in [0.2, 0.25) is 0 Å². The van der Waals surface area contributed by atoms with Crippen molar-refractivity contribution in [1.82, 2.24) is 4.90 Å². The Morgan fingerprint density at radius 2 is 1.48 bits per heavy atom. The molecule has 1 atom stereocenters. The van der Waals surface area contributed by atoms with E-state index in [9.17, 15) is 19.5 Å².